The molecule has 2 aromatic carbocycles. The molecule has 1 N–H and O–H groups in total. The number of rotatable bonds is 5. The number of amides is 1. The number of aromatic nitrogens is 1. The minimum absolute atomic E-state index is 0.211. The van der Waals surface area contributed by atoms with E-state index in [9.17, 15) is 14.0 Å². The van der Waals surface area contributed by atoms with Crippen molar-refractivity contribution in [2.24, 2.45) is 0 Å². The highest BCUT2D eigenvalue weighted by Gasteiger charge is 2.24. The molecule has 6 heteroatoms. The van der Waals surface area contributed by atoms with Crippen molar-refractivity contribution in [2.75, 3.05) is 6.61 Å². The Kier molecular flexibility index (Phi) is 4.54. The maximum atomic E-state index is 13.2. The monoisotopic (exact) mass is 364 g/mol. The summed E-state index contributed by atoms with van der Waals surface area (Å²) >= 11 is 0. The second-order valence-corrected chi connectivity index (χ2v) is 6.50. The Balaban J connectivity index is 1.64. The van der Waals surface area contributed by atoms with E-state index in [1.165, 1.54) is 12.1 Å². The lowest BCUT2D eigenvalue weighted by Gasteiger charge is -2.10. The zero-order chi connectivity index (χ0) is 18.8. The third kappa shape index (κ3) is 3.95. The summed E-state index contributed by atoms with van der Waals surface area (Å²) in [5.74, 6) is -1.24. The minimum Gasteiger partial charge on any atom is -0.452 e. The summed E-state index contributed by atoms with van der Waals surface area (Å²) in [5.41, 5.74) is 2.15. The molecule has 4 rings (SSSR count). The van der Waals surface area contributed by atoms with E-state index in [2.05, 4.69) is 10.3 Å². The van der Waals surface area contributed by atoms with Crippen molar-refractivity contribution in [3.8, 4) is 11.3 Å². The number of carbonyl (C=O) groups is 2. The summed E-state index contributed by atoms with van der Waals surface area (Å²) in [6.45, 7) is -0.322. The third-order valence-electron chi connectivity index (χ3n) is 4.35. The van der Waals surface area contributed by atoms with Gasteiger partial charge in [0, 0.05) is 17.0 Å². The lowest BCUT2D eigenvalue weighted by atomic mass is 10.0. The number of hydrogen-bond donors (Lipinski definition) is 1. The van der Waals surface area contributed by atoms with Gasteiger partial charge in [-0.2, -0.15) is 0 Å². The maximum Gasteiger partial charge on any atom is 0.339 e. The van der Waals surface area contributed by atoms with Gasteiger partial charge in [0.1, 0.15) is 5.82 Å². The van der Waals surface area contributed by atoms with Crippen molar-refractivity contribution in [2.45, 2.75) is 18.9 Å². The number of pyridine rings is 1. The predicted octanol–water partition coefficient (Wildman–Crippen LogP) is 3.48. The molecule has 0 aliphatic heterocycles. The SMILES string of the molecule is O=C(COC(=O)c1cc(-c2ccc(F)cc2)nc2ccccc12)NC1CC1. The number of nitrogens with one attached hydrogen (secondary N) is 1. The highest BCUT2D eigenvalue weighted by Crippen LogP contribution is 2.25. The molecule has 1 aliphatic rings. The van der Waals surface area contributed by atoms with E-state index in [4.69, 9.17) is 4.74 Å². The third-order valence-corrected chi connectivity index (χ3v) is 4.35. The fraction of sp³-hybridized carbons (Fsp3) is 0.190. The van der Waals surface area contributed by atoms with Crippen LogP contribution in [0.15, 0.2) is 54.6 Å². The number of halogens is 1. The van der Waals surface area contributed by atoms with Crippen molar-refractivity contribution in [1.29, 1.82) is 0 Å². The van der Waals surface area contributed by atoms with Crippen LogP contribution < -0.4 is 5.32 Å². The number of benzene rings is 2. The highest BCUT2D eigenvalue weighted by atomic mass is 19.1. The lowest BCUT2D eigenvalue weighted by Crippen LogP contribution is -2.30. The molecule has 1 heterocycles. The Morgan fingerprint density at radius 1 is 1.11 bits per heavy atom. The summed E-state index contributed by atoms with van der Waals surface area (Å²) in [5, 5.41) is 3.41. The van der Waals surface area contributed by atoms with Crippen LogP contribution in [0.2, 0.25) is 0 Å². The van der Waals surface area contributed by atoms with Crippen LogP contribution in [0.25, 0.3) is 22.2 Å². The quantitative estimate of drug-likeness (QED) is 0.704. The van der Waals surface area contributed by atoms with Gasteiger partial charge in [-0.3, -0.25) is 4.79 Å². The van der Waals surface area contributed by atoms with Crippen LogP contribution in [-0.4, -0.2) is 29.5 Å². The molecule has 1 amide bonds. The molecule has 0 saturated heterocycles. The molecule has 5 nitrogen and oxygen atoms in total. The molecule has 0 atom stereocenters. The van der Waals surface area contributed by atoms with Crippen LogP contribution in [0.4, 0.5) is 4.39 Å². The predicted molar refractivity (Wildman–Crippen MR) is 98.6 cm³/mol. The van der Waals surface area contributed by atoms with E-state index < -0.39 is 5.97 Å². The van der Waals surface area contributed by atoms with E-state index in [0.29, 0.717) is 27.7 Å². The average molecular weight is 364 g/mol. The van der Waals surface area contributed by atoms with Crippen LogP contribution in [0.5, 0.6) is 0 Å². The Labute approximate surface area is 155 Å². The Hall–Kier alpha value is -3.28. The Morgan fingerprint density at radius 2 is 1.85 bits per heavy atom. The smallest absolute Gasteiger partial charge is 0.339 e. The zero-order valence-electron chi connectivity index (χ0n) is 14.4. The van der Waals surface area contributed by atoms with Crippen molar-refractivity contribution >= 4 is 22.8 Å². The van der Waals surface area contributed by atoms with E-state index in [1.807, 2.05) is 6.07 Å². The maximum absolute atomic E-state index is 13.2. The van der Waals surface area contributed by atoms with Gasteiger partial charge in [-0.05, 0) is 49.2 Å². The number of fused-ring (bicyclic) bond motifs is 1. The summed E-state index contributed by atoms with van der Waals surface area (Å²) < 4.78 is 18.4. The van der Waals surface area contributed by atoms with Gasteiger partial charge in [-0.1, -0.05) is 18.2 Å². The van der Waals surface area contributed by atoms with Gasteiger partial charge in [0.25, 0.3) is 5.91 Å². The molecular weight excluding hydrogens is 347 g/mol. The molecule has 1 aromatic heterocycles. The van der Waals surface area contributed by atoms with Crippen LogP contribution in [0.1, 0.15) is 23.2 Å². The molecular formula is C21H17FN2O3. The van der Waals surface area contributed by atoms with Gasteiger partial charge in [0.05, 0.1) is 16.8 Å². The summed E-state index contributed by atoms with van der Waals surface area (Å²) in [4.78, 5) is 28.9. The van der Waals surface area contributed by atoms with E-state index in [0.717, 1.165) is 12.8 Å². The molecule has 0 unspecified atom stereocenters. The number of esters is 1. The number of hydrogen-bond acceptors (Lipinski definition) is 4. The van der Waals surface area contributed by atoms with Crippen molar-refractivity contribution in [1.82, 2.24) is 10.3 Å². The van der Waals surface area contributed by atoms with Gasteiger partial charge in [0.2, 0.25) is 0 Å². The fourth-order valence-electron chi connectivity index (χ4n) is 2.82. The second-order valence-electron chi connectivity index (χ2n) is 6.50. The molecule has 3 aromatic rings. The first-order valence-electron chi connectivity index (χ1n) is 8.72. The van der Waals surface area contributed by atoms with Crippen molar-refractivity contribution in [3.05, 3.63) is 66.0 Å². The highest BCUT2D eigenvalue weighted by molar-refractivity contribution is 6.05. The van der Waals surface area contributed by atoms with E-state index >= 15 is 0 Å². The van der Waals surface area contributed by atoms with Crippen LogP contribution in [0.3, 0.4) is 0 Å². The Bertz CT molecular complexity index is 1010. The largest absolute Gasteiger partial charge is 0.452 e. The minimum atomic E-state index is -0.595. The van der Waals surface area contributed by atoms with Gasteiger partial charge in [-0.25, -0.2) is 14.2 Å². The van der Waals surface area contributed by atoms with Crippen molar-refractivity contribution < 1.29 is 18.7 Å². The van der Waals surface area contributed by atoms with Crippen LogP contribution >= 0.6 is 0 Å². The van der Waals surface area contributed by atoms with Gasteiger partial charge >= 0.3 is 5.97 Å². The molecule has 1 aliphatic carbocycles. The molecule has 0 spiro atoms. The standard InChI is InChI=1S/C21H17FN2O3/c22-14-7-5-13(6-8-14)19-11-17(16-3-1-2-4-18(16)24-19)21(26)27-12-20(25)23-15-9-10-15/h1-8,11,15H,9-10,12H2,(H,23,25). The van der Waals surface area contributed by atoms with Gasteiger partial charge < -0.3 is 10.1 Å². The molecule has 1 saturated carbocycles. The molecule has 1 fully saturated rings. The average Bonchev–Trinajstić information content (AvgIpc) is 3.49. The van der Waals surface area contributed by atoms with Gasteiger partial charge in [0.15, 0.2) is 6.61 Å². The molecule has 136 valence electrons. The number of ether oxygens (including phenoxy) is 1. The van der Waals surface area contributed by atoms with Crippen LogP contribution in [-0.2, 0) is 9.53 Å². The summed E-state index contributed by atoms with van der Waals surface area (Å²) in [7, 11) is 0. The van der Waals surface area contributed by atoms with E-state index in [1.54, 1.807) is 36.4 Å². The first-order chi connectivity index (χ1) is 13.1. The molecule has 0 bridgehead atoms. The van der Waals surface area contributed by atoms with Crippen molar-refractivity contribution in [3.63, 3.8) is 0 Å². The summed E-state index contributed by atoms with van der Waals surface area (Å²) in [6, 6.07) is 14.9. The molecule has 0 radical (unpaired) electrons. The topological polar surface area (TPSA) is 68.3 Å². The first-order valence-corrected chi connectivity index (χ1v) is 8.72. The Morgan fingerprint density at radius 3 is 2.59 bits per heavy atom. The van der Waals surface area contributed by atoms with Gasteiger partial charge in [-0.15, -0.1) is 0 Å². The summed E-state index contributed by atoms with van der Waals surface area (Å²) in [6.07, 6.45) is 1.94. The number of nitrogens with zero attached hydrogens (tertiary/aromatic N) is 1. The molecule has 27 heavy (non-hydrogen) atoms. The normalized spacial score (nSPS) is 13.4. The fourth-order valence-corrected chi connectivity index (χ4v) is 2.82. The number of para-hydroxylation sites is 1. The first kappa shape index (κ1) is 17.1. The second kappa shape index (κ2) is 7.15. The van der Waals surface area contributed by atoms with E-state index in [-0.39, 0.29) is 24.4 Å². The number of carbonyl (C=O) groups excluding carboxylic acids is 2. The zero-order valence-corrected chi connectivity index (χ0v) is 14.4. The lowest BCUT2D eigenvalue weighted by molar-refractivity contribution is -0.124. The van der Waals surface area contributed by atoms with Crippen LogP contribution in [0, 0.1) is 5.82 Å².